The molecule has 4 aromatic rings. The van der Waals surface area contributed by atoms with E-state index in [1.807, 2.05) is 49.4 Å². The van der Waals surface area contributed by atoms with Gasteiger partial charge in [0.2, 0.25) is 12.7 Å². The van der Waals surface area contributed by atoms with Crippen molar-refractivity contribution >= 4 is 45.8 Å². The molecular weight excluding hydrogens is 614 g/mol. The molecule has 4 N–H and O–H groups in total. The standard InChI is InChI=1S/C36H39N5O7/c1-22-18-41(23(2)20-42)34(43)16-25-15-26(37-35(44)39-29-10-6-8-24-7-4-5-9-28(24)29)11-13-30(25)48-33(22)19-40(3)36(45)38-27-12-14-31-32(17-27)47-21-46-31/h4-15,17,22-23,33,42H,16,18-21H2,1-3H3,(H,38,45)(H2,37,39,44)/t22-,23+,33+/m0/s1. The van der Waals surface area contributed by atoms with Crippen molar-refractivity contribution < 1.29 is 33.7 Å². The fraction of sp³-hybridized carbons (Fsp3) is 0.306. The third-order valence-electron chi connectivity index (χ3n) is 8.64. The molecule has 48 heavy (non-hydrogen) atoms. The molecule has 5 amide bonds. The molecule has 0 fully saturated rings. The van der Waals surface area contributed by atoms with Crippen molar-refractivity contribution in [1.82, 2.24) is 9.80 Å². The summed E-state index contributed by atoms with van der Waals surface area (Å²) in [6.07, 6.45) is -0.510. The topological polar surface area (TPSA) is 142 Å². The van der Waals surface area contributed by atoms with Crippen LogP contribution in [0.3, 0.4) is 0 Å². The van der Waals surface area contributed by atoms with Gasteiger partial charge < -0.3 is 45.1 Å². The summed E-state index contributed by atoms with van der Waals surface area (Å²) in [5.41, 5.74) is 2.28. The van der Waals surface area contributed by atoms with E-state index in [2.05, 4.69) is 16.0 Å². The molecule has 2 aliphatic heterocycles. The molecule has 2 aliphatic rings. The largest absolute Gasteiger partial charge is 0.488 e. The molecule has 0 saturated carbocycles. The number of anilines is 3. The molecule has 0 unspecified atom stereocenters. The second-order valence-electron chi connectivity index (χ2n) is 12.2. The molecule has 2 heterocycles. The highest BCUT2D eigenvalue weighted by Crippen LogP contribution is 2.34. The fourth-order valence-corrected chi connectivity index (χ4v) is 5.89. The second kappa shape index (κ2) is 14.1. The number of urea groups is 2. The lowest BCUT2D eigenvalue weighted by atomic mass is 10.0. The highest BCUT2D eigenvalue weighted by atomic mass is 16.7. The number of ether oxygens (including phenoxy) is 3. The lowest BCUT2D eigenvalue weighted by molar-refractivity contribution is -0.134. The Labute approximate surface area is 278 Å². The van der Waals surface area contributed by atoms with Gasteiger partial charge in [0.05, 0.1) is 31.3 Å². The van der Waals surface area contributed by atoms with Crippen molar-refractivity contribution in [2.24, 2.45) is 5.92 Å². The van der Waals surface area contributed by atoms with Crippen LogP contribution in [0, 0.1) is 5.92 Å². The number of aliphatic hydroxyl groups is 1. The minimum atomic E-state index is -0.510. The second-order valence-corrected chi connectivity index (χ2v) is 12.2. The van der Waals surface area contributed by atoms with E-state index in [-0.39, 0.29) is 44.2 Å². The van der Waals surface area contributed by atoms with Gasteiger partial charge in [-0.25, -0.2) is 9.59 Å². The predicted octanol–water partition coefficient (Wildman–Crippen LogP) is 5.53. The smallest absolute Gasteiger partial charge is 0.323 e. The van der Waals surface area contributed by atoms with Crippen molar-refractivity contribution in [3.05, 3.63) is 84.4 Å². The van der Waals surface area contributed by atoms with Gasteiger partial charge in [-0.2, -0.15) is 0 Å². The number of aliphatic hydroxyl groups excluding tert-OH is 1. The van der Waals surface area contributed by atoms with Crippen LogP contribution in [0.2, 0.25) is 0 Å². The first kappa shape index (κ1) is 32.5. The summed E-state index contributed by atoms with van der Waals surface area (Å²) in [6.45, 7) is 4.20. The number of benzene rings is 4. The van der Waals surface area contributed by atoms with Crippen LogP contribution in [0.1, 0.15) is 19.4 Å². The summed E-state index contributed by atoms with van der Waals surface area (Å²) < 4.78 is 17.3. The molecule has 12 nitrogen and oxygen atoms in total. The first-order valence-corrected chi connectivity index (χ1v) is 15.9. The number of hydrogen-bond donors (Lipinski definition) is 4. The van der Waals surface area contributed by atoms with E-state index in [0.717, 1.165) is 10.8 Å². The van der Waals surface area contributed by atoms with Gasteiger partial charge in [0.15, 0.2) is 11.5 Å². The summed E-state index contributed by atoms with van der Waals surface area (Å²) in [4.78, 5) is 43.1. The number of hydrogen-bond acceptors (Lipinski definition) is 7. The average Bonchev–Trinajstić information content (AvgIpc) is 3.56. The Kier molecular flexibility index (Phi) is 9.53. The Balaban J connectivity index is 1.20. The number of carbonyl (C=O) groups is 3. The van der Waals surface area contributed by atoms with Crippen LogP contribution < -0.4 is 30.2 Å². The zero-order valence-corrected chi connectivity index (χ0v) is 27.1. The Morgan fingerprint density at radius 1 is 0.938 bits per heavy atom. The van der Waals surface area contributed by atoms with Crippen LogP contribution in [0.15, 0.2) is 78.9 Å². The molecule has 0 spiro atoms. The molecule has 3 atom stereocenters. The molecule has 0 saturated heterocycles. The summed E-state index contributed by atoms with van der Waals surface area (Å²) in [6, 6.07) is 22.6. The lowest BCUT2D eigenvalue weighted by Crippen LogP contribution is -2.48. The van der Waals surface area contributed by atoms with E-state index in [4.69, 9.17) is 14.2 Å². The SMILES string of the molecule is C[C@H](CO)N1C[C@H](C)[C@@H](CN(C)C(=O)Nc2ccc3c(c2)OCO3)Oc2ccc(NC(=O)Nc3cccc4ccccc34)cc2CC1=O. The van der Waals surface area contributed by atoms with Gasteiger partial charge in [0.1, 0.15) is 11.9 Å². The molecule has 4 aromatic carbocycles. The highest BCUT2D eigenvalue weighted by molar-refractivity contribution is 6.06. The fourth-order valence-electron chi connectivity index (χ4n) is 5.89. The Hall–Kier alpha value is -5.49. The van der Waals surface area contributed by atoms with Crippen LogP contribution in [-0.2, 0) is 11.2 Å². The highest BCUT2D eigenvalue weighted by Gasteiger charge is 2.32. The first-order chi connectivity index (χ1) is 23.2. The van der Waals surface area contributed by atoms with Gasteiger partial charge in [-0.15, -0.1) is 0 Å². The third-order valence-corrected chi connectivity index (χ3v) is 8.64. The molecule has 0 aliphatic carbocycles. The summed E-state index contributed by atoms with van der Waals surface area (Å²) >= 11 is 0. The summed E-state index contributed by atoms with van der Waals surface area (Å²) in [7, 11) is 1.67. The maximum absolute atomic E-state index is 13.6. The predicted molar refractivity (Wildman–Crippen MR) is 183 cm³/mol. The number of nitrogens with one attached hydrogen (secondary N) is 3. The van der Waals surface area contributed by atoms with E-state index in [0.29, 0.717) is 46.4 Å². The first-order valence-electron chi connectivity index (χ1n) is 15.9. The van der Waals surface area contributed by atoms with E-state index < -0.39 is 18.2 Å². The number of rotatable bonds is 7. The molecular formula is C36H39N5O7. The van der Waals surface area contributed by atoms with E-state index >= 15 is 0 Å². The van der Waals surface area contributed by atoms with Gasteiger partial charge in [0, 0.05) is 47.9 Å². The van der Waals surface area contributed by atoms with Crippen molar-refractivity contribution in [2.75, 3.05) is 49.5 Å². The van der Waals surface area contributed by atoms with Gasteiger partial charge in [0.25, 0.3) is 0 Å². The monoisotopic (exact) mass is 653 g/mol. The Morgan fingerprint density at radius 3 is 2.48 bits per heavy atom. The number of fused-ring (bicyclic) bond motifs is 3. The minimum absolute atomic E-state index is 0.0000145. The van der Waals surface area contributed by atoms with E-state index in [1.165, 1.54) is 4.90 Å². The maximum atomic E-state index is 13.6. The maximum Gasteiger partial charge on any atom is 0.323 e. The van der Waals surface area contributed by atoms with E-state index in [9.17, 15) is 19.5 Å². The van der Waals surface area contributed by atoms with E-state index in [1.54, 1.807) is 55.3 Å². The van der Waals surface area contributed by atoms with Gasteiger partial charge in [-0.05, 0) is 48.7 Å². The third kappa shape index (κ3) is 7.23. The van der Waals surface area contributed by atoms with Crippen LogP contribution in [0.4, 0.5) is 26.7 Å². The average molecular weight is 654 g/mol. The molecule has 250 valence electrons. The van der Waals surface area contributed by atoms with Crippen LogP contribution in [0.25, 0.3) is 10.8 Å². The zero-order valence-electron chi connectivity index (χ0n) is 27.1. The van der Waals surface area contributed by atoms with Crippen molar-refractivity contribution in [1.29, 1.82) is 0 Å². The normalized spacial score (nSPS) is 17.7. The summed E-state index contributed by atoms with van der Waals surface area (Å²) in [5, 5.41) is 20.6. The molecule has 12 heteroatoms. The molecule has 6 rings (SSSR count). The van der Waals surface area contributed by atoms with Crippen LogP contribution >= 0.6 is 0 Å². The Morgan fingerprint density at radius 2 is 1.67 bits per heavy atom. The van der Waals surface area contributed by atoms with Gasteiger partial charge in [-0.3, -0.25) is 4.79 Å². The number of nitrogens with zero attached hydrogens (tertiary/aromatic N) is 2. The number of likely N-dealkylation sites (N-methyl/N-ethyl adjacent to an activating group) is 1. The Bertz CT molecular complexity index is 1830. The number of carbonyl (C=O) groups excluding carboxylic acids is 3. The number of amides is 5. The lowest BCUT2D eigenvalue weighted by Gasteiger charge is -2.34. The van der Waals surface area contributed by atoms with Crippen molar-refractivity contribution in [2.45, 2.75) is 32.4 Å². The molecule has 0 aromatic heterocycles. The molecule has 0 bridgehead atoms. The van der Waals surface area contributed by atoms with Crippen LogP contribution in [0.5, 0.6) is 17.2 Å². The van der Waals surface area contributed by atoms with Gasteiger partial charge >= 0.3 is 12.1 Å². The van der Waals surface area contributed by atoms with Crippen molar-refractivity contribution in [3.63, 3.8) is 0 Å². The van der Waals surface area contributed by atoms with Crippen molar-refractivity contribution in [3.8, 4) is 17.2 Å². The zero-order chi connectivity index (χ0) is 33.8. The van der Waals surface area contributed by atoms with Gasteiger partial charge in [-0.1, -0.05) is 43.3 Å². The quantitative estimate of drug-likeness (QED) is 0.206. The van der Waals surface area contributed by atoms with Crippen LogP contribution in [-0.4, -0.2) is 78.6 Å². The molecule has 0 radical (unpaired) electrons. The minimum Gasteiger partial charge on any atom is -0.488 e. The summed E-state index contributed by atoms with van der Waals surface area (Å²) in [5.74, 6) is 1.26.